The summed E-state index contributed by atoms with van der Waals surface area (Å²) in [5, 5.41) is 0. The van der Waals surface area contributed by atoms with Gasteiger partial charge in [-0.3, -0.25) is 0 Å². The molecule has 3 rings (SSSR count). The van der Waals surface area contributed by atoms with Gasteiger partial charge < -0.3 is 11.5 Å². The lowest BCUT2D eigenvalue weighted by Gasteiger charge is -2.08. The Morgan fingerprint density at radius 1 is 0.765 bits per heavy atom. The lowest BCUT2D eigenvalue weighted by molar-refractivity contribution is 1.21. The molecule has 2 aliphatic rings. The predicted molar refractivity (Wildman–Crippen MR) is 71.6 cm³/mol. The van der Waals surface area contributed by atoms with E-state index in [9.17, 15) is 0 Å². The minimum atomic E-state index is 0.686. The summed E-state index contributed by atoms with van der Waals surface area (Å²) in [6.07, 6.45) is 9.08. The van der Waals surface area contributed by atoms with Crippen LogP contribution in [0.25, 0.3) is 11.3 Å². The first kappa shape index (κ1) is 9.97. The van der Waals surface area contributed by atoms with Crippen molar-refractivity contribution < 1.29 is 0 Å². The molecular weight excluding hydrogens is 208 g/mol. The molecule has 2 aliphatic carbocycles. The molecule has 0 aromatic heterocycles. The summed E-state index contributed by atoms with van der Waals surface area (Å²) < 4.78 is 0. The smallest absolute Gasteiger partial charge is 0.0630 e. The van der Waals surface area contributed by atoms with Crippen LogP contribution in [0.4, 0.5) is 0 Å². The topological polar surface area (TPSA) is 52.0 Å². The largest absolute Gasteiger partial charge is 0.397 e. The average molecular weight is 222 g/mol. The zero-order valence-corrected chi connectivity index (χ0v) is 9.48. The Morgan fingerprint density at radius 3 is 2.18 bits per heavy atom. The minimum absolute atomic E-state index is 0.686. The van der Waals surface area contributed by atoms with Crippen LogP contribution in [-0.4, -0.2) is 0 Å². The molecule has 2 heteroatoms. The van der Waals surface area contributed by atoms with E-state index in [0.717, 1.165) is 17.6 Å². The molecule has 0 amide bonds. The van der Waals surface area contributed by atoms with Gasteiger partial charge in [-0.05, 0) is 16.7 Å². The van der Waals surface area contributed by atoms with Crippen LogP contribution < -0.4 is 11.5 Å². The molecular formula is C15H14N2. The number of nitrogens with two attached hydrogens (primary N) is 2. The Morgan fingerprint density at radius 2 is 1.41 bits per heavy atom. The molecule has 4 N–H and O–H groups in total. The average Bonchev–Trinajstić information content (AvgIpc) is 2.66. The number of hydrogen-bond acceptors (Lipinski definition) is 2. The molecule has 2 nitrogen and oxygen atoms in total. The molecule has 0 atom stereocenters. The second-order valence-corrected chi connectivity index (χ2v) is 4.32. The number of allylic oxidation sites excluding steroid dienone is 6. The van der Waals surface area contributed by atoms with Gasteiger partial charge in [0.2, 0.25) is 0 Å². The first-order valence-corrected chi connectivity index (χ1v) is 5.69. The van der Waals surface area contributed by atoms with Crippen molar-refractivity contribution in [3.05, 3.63) is 71.0 Å². The number of benzene rings is 1. The molecule has 84 valence electrons. The molecule has 0 unspecified atom stereocenters. The van der Waals surface area contributed by atoms with Gasteiger partial charge >= 0.3 is 0 Å². The van der Waals surface area contributed by atoms with Crippen LogP contribution in [0, 0.1) is 0 Å². The van der Waals surface area contributed by atoms with Crippen LogP contribution in [0.15, 0.2) is 59.8 Å². The Labute approximate surface area is 101 Å². The van der Waals surface area contributed by atoms with Crippen LogP contribution in [0.5, 0.6) is 0 Å². The standard InChI is InChI=1S/C15H14N2/c16-14-11-6-2-1-5-10(9-11)12-7-3-4-8-13(12)15(14)17/h1-8H,9,16-17H2. The summed E-state index contributed by atoms with van der Waals surface area (Å²) in [5.41, 5.74) is 18.3. The molecule has 0 spiro atoms. The van der Waals surface area contributed by atoms with Gasteiger partial charge in [0.25, 0.3) is 0 Å². The first-order valence-electron chi connectivity index (χ1n) is 5.69. The van der Waals surface area contributed by atoms with E-state index in [1.54, 1.807) is 0 Å². The molecule has 0 saturated carbocycles. The SMILES string of the molecule is NC1=C(N)c2ccccc2C2=CC=CC=C1C2. The molecule has 1 aromatic rings. The van der Waals surface area contributed by atoms with Crippen molar-refractivity contribution in [2.75, 3.05) is 0 Å². The van der Waals surface area contributed by atoms with E-state index in [4.69, 9.17) is 11.5 Å². The van der Waals surface area contributed by atoms with E-state index in [2.05, 4.69) is 12.1 Å². The Balaban J connectivity index is 2.36. The summed E-state index contributed by atoms with van der Waals surface area (Å²) in [7, 11) is 0. The Hall–Kier alpha value is -2.22. The lowest BCUT2D eigenvalue weighted by atomic mass is 9.97. The highest BCUT2D eigenvalue weighted by molar-refractivity contribution is 5.86. The van der Waals surface area contributed by atoms with Gasteiger partial charge in [-0.15, -0.1) is 0 Å². The normalized spacial score (nSPS) is 17.9. The van der Waals surface area contributed by atoms with Crippen molar-refractivity contribution >= 4 is 11.3 Å². The Bertz CT molecular complexity index is 601. The van der Waals surface area contributed by atoms with Crippen molar-refractivity contribution in [1.82, 2.24) is 0 Å². The molecule has 0 aliphatic heterocycles. The van der Waals surface area contributed by atoms with Gasteiger partial charge in [0.15, 0.2) is 0 Å². The second kappa shape index (κ2) is 3.67. The predicted octanol–water partition coefficient (Wildman–Crippen LogP) is 2.56. The molecule has 0 radical (unpaired) electrons. The third kappa shape index (κ3) is 1.49. The fourth-order valence-electron chi connectivity index (χ4n) is 2.35. The third-order valence-electron chi connectivity index (χ3n) is 3.29. The monoisotopic (exact) mass is 222 g/mol. The van der Waals surface area contributed by atoms with Crippen LogP contribution in [0.2, 0.25) is 0 Å². The highest BCUT2D eigenvalue weighted by Crippen LogP contribution is 2.36. The molecule has 2 bridgehead atoms. The van der Waals surface area contributed by atoms with Gasteiger partial charge in [-0.1, -0.05) is 48.6 Å². The first-order chi connectivity index (χ1) is 8.27. The lowest BCUT2D eigenvalue weighted by Crippen LogP contribution is -2.09. The minimum Gasteiger partial charge on any atom is -0.397 e. The fraction of sp³-hybridized carbons (Fsp3) is 0.0667. The zero-order chi connectivity index (χ0) is 11.8. The summed E-state index contributed by atoms with van der Waals surface area (Å²) in [6.45, 7) is 0. The quantitative estimate of drug-likeness (QED) is 0.708. The van der Waals surface area contributed by atoms with Crippen LogP contribution in [-0.2, 0) is 0 Å². The van der Waals surface area contributed by atoms with E-state index in [1.165, 1.54) is 11.1 Å². The number of fused-ring (bicyclic) bond motifs is 4. The van der Waals surface area contributed by atoms with Gasteiger partial charge in [-0.2, -0.15) is 0 Å². The van der Waals surface area contributed by atoms with E-state index < -0.39 is 0 Å². The highest BCUT2D eigenvalue weighted by Gasteiger charge is 2.19. The van der Waals surface area contributed by atoms with Crippen molar-refractivity contribution in [1.29, 1.82) is 0 Å². The summed E-state index contributed by atoms with van der Waals surface area (Å²) in [6, 6.07) is 8.16. The number of hydrogen-bond donors (Lipinski definition) is 2. The fourth-order valence-corrected chi connectivity index (χ4v) is 2.35. The zero-order valence-electron chi connectivity index (χ0n) is 9.48. The summed E-state index contributed by atoms with van der Waals surface area (Å²) in [5.74, 6) is 0. The third-order valence-corrected chi connectivity index (χ3v) is 3.29. The molecule has 0 heterocycles. The maximum absolute atomic E-state index is 6.16. The van der Waals surface area contributed by atoms with E-state index in [0.29, 0.717) is 11.4 Å². The van der Waals surface area contributed by atoms with Gasteiger partial charge in [0, 0.05) is 12.0 Å². The maximum Gasteiger partial charge on any atom is 0.0630 e. The van der Waals surface area contributed by atoms with E-state index in [1.807, 2.05) is 36.4 Å². The molecule has 0 fully saturated rings. The van der Waals surface area contributed by atoms with E-state index >= 15 is 0 Å². The van der Waals surface area contributed by atoms with Crippen molar-refractivity contribution in [2.45, 2.75) is 6.42 Å². The van der Waals surface area contributed by atoms with Crippen LogP contribution >= 0.6 is 0 Å². The Kier molecular flexibility index (Phi) is 2.15. The maximum atomic E-state index is 6.16. The van der Waals surface area contributed by atoms with Crippen molar-refractivity contribution in [3.8, 4) is 0 Å². The van der Waals surface area contributed by atoms with Gasteiger partial charge in [0.05, 0.1) is 11.4 Å². The van der Waals surface area contributed by atoms with Crippen molar-refractivity contribution in [3.63, 3.8) is 0 Å². The summed E-state index contributed by atoms with van der Waals surface area (Å²) in [4.78, 5) is 0. The second-order valence-electron chi connectivity index (χ2n) is 4.32. The highest BCUT2D eigenvalue weighted by atomic mass is 14.7. The van der Waals surface area contributed by atoms with Crippen LogP contribution in [0.3, 0.4) is 0 Å². The number of rotatable bonds is 0. The molecule has 1 aromatic carbocycles. The van der Waals surface area contributed by atoms with E-state index in [-0.39, 0.29) is 0 Å². The summed E-state index contributed by atoms with van der Waals surface area (Å²) >= 11 is 0. The van der Waals surface area contributed by atoms with Crippen molar-refractivity contribution in [2.24, 2.45) is 11.5 Å². The van der Waals surface area contributed by atoms with Gasteiger partial charge in [0.1, 0.15) is 0 Å². The molecule has 0 saturated heterocycles. The van der Waals surface area contributed by atoms with Crippen LogP contribution in [0.1, 0.15) is 17.5 Å². The molecule has 17 heavy (non-hydrogen) atoms. The van der Waals surface area contributed by atoms with Gasteiger partial charge in [-0.25, -0.2) is 0 Å².